The van der Waals surface area contributed by atoms with Crippen LogP contribution in [0.5, 0.6) is 5.75 Å². The van der Waals surface area contributed by atoms with E-state index < -0.39 is 0 Å². The minimum absolute atomic E-state index is 0.596. The summed E-state index contributed by atoms with van der Waals surface area (Å²) in [6, 6.07) is 15.6. The number of thioether (sulfide) groups is 1. The van der Waals surface area contributed by atoms with E-state index in [9.17, 15) is 0 Å². The number of aromatic nitrogens is 3. The van der Waals surface area contributed by atoms with E-state index in [4.69, 9.17) is 16.3 Å². The number of rotatable bonds is 6. The highest BCUT2D eigenvalue weighted by molar-refractivity contribution is 7.99. The first-order valence-electron chi connectivity index (χ1n) is 7.61. The molecule has 0 saturated carbocycles. The average molecular weight is 360 g/mol. The summed E-state index contributed by atoms with van der Waals surface area (Å²) >= 11 is 7.49. The van der Waals surface area contributed by atoms with Crippen molar-refractivity contribution in [2.45, 2.75) is 12.1 Å². The SMILES string of the molecule is Cc1ccccc1-c1nnc(SCCOc2ccc(Cl)cc2)n1C. The summed E-state index contributed by atoms with van der Waals surface area (Å²) < 4.78 is 7.72. The summed E-state index contributed by atoms with van der Waals surface area (Å²) in [4.78, 5) is 0. The molecule has 0 aliphatic heterocycles. The third-order valence-corrected chi connectivity index (χ3v) is 4.85. The van der Waals surface area contributed by atoms with Crippen molar-refractivity contribution in [1.29, 1.82) is 0 Å². The van der Waals surface area contributed by atoms with Crippen LogP contribution in [-0.2, 0) is 7.05 Å². The van der Waals surface area contributed by atoms with Gasteiger partial charge in [0.15, 0.2) is 11.0 Å². The molecule has 4 nitrogen and oxygen atoms in total. The molecule has 0 aliphatic carbocycles. The third-order valence-electron chi connectivity index (χ3n) is 3.62. The first kappa shape index (κ1) is 16.9. The van der Waals surface area contributed by atoms with Gasteiger partial charge in [-0.1, -0.05) is 47.6 Å². The number of nitrogens with zero attached hydrogens (tertiary/aromatic N) is 3. The predicted molar refractivity (Wildman–Crippen MR) is 98.8 cm³/mol. The minimum Gasteiger partial charge on any atom is -0.493 e. The summed E-state index contributed by atoms with van der Waals surface area (Å²) in [5.41, 5.74) is 2.30. The zero-order valence-corrected chi connectivity index (χ0v) is 15.1. The van der Waals surface area contributed by atoms with Crippen LogP contribution < -0.4 is 4.74 Å². The molecule has 0 bridgehead atoms. The van der Waals surface area contributed by atoms with E-state index in [-0.39, 0.29) is 0 Å². The molecule has 6 heteroatoms. The number of halogens is 1. The second kappa shape index (κ2) is 7.73. The molecule has 0 spiro atoms. The van der Waals surface area contributed by atoms with Gasteiger partial charge in [-0.15, -0.1) is 10.2 Å². The van der Waals surface area contributed by atoms with Crippen molar-refractivity contribution in [2.24, 2.45) is 7.05 Å². The maximum atomic E-state index is 5.86. The molecule has 3 rings (SSSR count). The van der Waals surface area contributed by atoms with Crippen molar-refractivity contribution < 1.29 is 4.74 Å². The molecule has 0 N–H and O–H groups in total. The normalized spacial score (nSPS) is 10.8. The highest BCUT2D eigenvalue weighted by atomic mass is 35.5. The maximum absolute atomic E-state index is 5.86. The molecule has 2 aromatic carbocycles. The van der Waals surface area contributed by atoms with Gasteiger partial charge in [-0.3, -0.25) is 0 Å². The van der Waals surface area contributed by atoms with Crippen molar-refractivity contribution in [3.8, 4) is 17.1 Å². The van der Waals surface area contributed by atoms with Gasteiger partial charge in [0.25, 0.3) is 0 Å². The zero-order valence-electron chi connectivity index (χ0n) is 13.6. The summed E-state index contributed by atoms with van der Waals surface area (Å²) in [6.45, 7) is 2.68. The molecule has 0 unspecified atom stereocenters. The first-order chi connectivity index (χ1) is 11.6. The van der Waals surface area contributed by atoms with Crippen LogP contribution in [0.4, 0.5) is 0 Å². The molecule has 1 aromatic heterocycles. The van der Waals surface area contributed by atoms with Gasteiger partial charge in [-0.2, -0.15) is 0 Å². The Morgan fingerprint density at radius 1 is 1.08 bits per heavy atom. The van der Waals surface area contributed by atoms with Crippen LogP contribution in [0.2, 0.25) is 5.02 Å². The number of hydrogen-bond acceptors (Lipinski definition) is 4. The number of aryl methyl sites for hydroxylation is 1. The topological polar surface area (TPSA) is 39.9 Å². The van der Waals surface area contributed by atoms with Crippen LogP contribution in [0, 0.1) is 6.92 Å². The Labute approximate surface area is 150 Å². The third kappa shape index (κ3) is 3.91. The second-order valence-electron chi connectivity index (χ2n) is 5.33. The van der Waals surface area contributed by atoms with Gasteiger partial charge >= 0.3 is 0 Å². The van der Waals surface area contributed by atoms with Gasteiger partial charge in [-0.05, 0) is 36.8 Å². The van der Waals surface area contributed by atoms with Gasteiger partial charge < -0.3 is 9.30 Å². The Kier molecular flexibility index (Phi) is 5.43. The largest absolute Gasteiger partial charge is 0.493 e. The molecule has 0 radical (unpaired) electrons. The van der Waals surface area contributed by atoms with Crippen LogP contribution in [0.3, 0.4) is 0 Å². The monoisotopic (exact) mass is 359 g/mol. The highest BCUT2D eigenvalue weighted by Gasteiger charge is 2.12. The van der Waals surface area contributed by atoms with E-state index >= 15 is 0 Å². The lowest BCUT2D eigenvalue weighted by Crippen LogP contribution is -2.02. The number of ether oxygens (including phenoxy) is 1. The van der Waals surface area contributed by atoms with Crippen molar-refractivity contribution >= 4 is 23.4 Å². The Hall–Kier alpha value is -1.98. The van der Waals surface area contributed by atoms with Crippen molar-refractivity contribution in [3.63, 3.8) is 0 Å². The minimum atomic E-state index is 0.596. The fourth-order valence-electron chi connectivity index (χ4n) is 2.32. The van der Waals surface area contributed by atoms with E-state index in [1.807, 2.05) is 48.0 Å². The Morgan fingerprint density at radius 3 is 2.58 bits per heavy atom. The molecule has 3 aromatic rings. The molecule has 0 aliphatic rings. The molecular formula is C18H18ClN3OS. The van der Waals surface area contributed by atoms with Gasteiger partial charge in [0.1, 0.15) is 5.75 Å². The van der Waals surface area contributed by atoms with Crippen LogP contribution in [0.15, 0.2) is 53.7 Å². The Morgan fingerprint density at radius 2 is 1.83 bits per heavy atom. The molecule has 0 fully saturated rings. The first-order valence-corrected chi connectivity index (χ1v) is 8.98. The van der Waals surface area contributed by atoms with Crippen LogP contribution in [0.25, 0.3) is 11.4 Å². The van der Waals surface area contributed by atoms with Crippen LogP contribution in [0.1, 0.15) is 5.56 Å². The van der Waals surface area contributed by atoms with Gasteiger partial charge in [-0.25, -0.2) is 0 Å². The molecule has 0 saturated heterocycles. The number of benzene rings is 2. The zero-order chi connectivity index (χ0) is 16.9. The quantitative estimate of drug-likeness (QED) is 0.475. The fraction of sp³-hybridized carbons (Fsp3) is 0.222. The summed E-state index contributed by atoms with van der Waals surface area (Å²) in [7, 11) is 1.99. The predicted octanol–water partition coefficient (Wildman–Crippen LogP) is 4.62. The Balaban J connectivity index is 1.59. The lowest BCUT2D eigenvalue weighted by Gasteiger charge is -2.07. The van der Waals surface area contributed by atoms with E-state index in [0.29, 0.717) is 11.6 Å². The van der Waals surface area contributed by atoms with E-state index in [0.717, 1.165) is 28.0 Å². The number of hydrogen-bond donors (Lipinski definition) is 0. The molecule has 0 atom stereocenters. The Bertz CT molecular complexity index is 817. The molecule has 124 valence electrons. The summed E-state index contributed by atoms with van der Waals surface area (Å²) in [6.07, 6.45) is 0. The van der Waals surface area contributed by atoms with E-state index in [1.165, 1.54) is 5.56 Å². The lowest BCUT2D eigenvalue weighted by atomic mass is 10.1. The van der Waals surface area contributed by atoms with Crippen molar-refractivity contribution in [3.05, 3.63) is 59.1 Å². The average Bonchev–Trinajstić information content (AvgIpc) is 2.94. The van der Waals surface area contributed by atoms with Gasteiger partial charge in [0.2, 0.25) is 0 Å². The van der Waals surface area contributed by atoms with Crippen LogP contribution >= 0.6 is 23.4 Å². The molecule has 0 amide bonds. The van der Waals surface area contributed by atoms with Gasteiger partial charge in [0, 0.05) is 23.4 Å². The van der Waals surface area contributed by atoms with E-state index in [2.05, 4.69) is 29.3 Å². The summed E-state index contributed by atoms with van der Waals surface area (Å²) in [5, 5.41) is 10.2. The molecule has 1 heterocycles. The lowest BCUT2D eigenvalue weighted by molar-refractivity contribution is 0.344. The molecular weight excluding hydrogens is 342 g/mol. The highest BCUT2D eigenvalue weighted by Crippen LogP contribution is 2.25. The van der Waals surface area contributed by atoms with E-state index in [1.54, 1.807) is 11.8 Å². The van der Waals surface area contributed by atoms with Crippen molar-refractivity contribution in [2.75, 3.05) is 12.4 Å². The molecule has 24 heavy (non-hydrogen) atoms. The van der Waals surface area contributed by atoms with Crippen molar-refractivity contribution in [1.82, 2.24) is 14.8 Å². The summed E-state index contributed by atoms with van der Waals surface area (Å²) in [5.74, 6) is 2.50. The second-order valence-corrected chi connectivity index (χ2v) is 6.83. The fourth-order valence-corrected chi connectivity index (χ4v) is 3.18. The van der Waals surface area contributed by atoms with Gasteiger partial charge in [0.05, 0.1) is 6.61 Å². The standard InChI is InChI=1S/C18H18ClN3OS/c1-13-5-3-4-6-16(13)17-20-21-18(22(17)2)24-12-11-23-15-9-7-14(19)8-10-15/h3-10H,11-12H2,1-2H3. The van der Waals surface area contributed by atoms with Crippen LogP contribution in [-0.4, -0.2) is 27.1 Å². The maximum Gasteiger partial charge on any atom is 0.191 e. The smallest absolute Gasteiger partial charge is 0.191 e.